The van der Waals surface area contributed by atoms with Crippen LogP contribution in [0.25, 0.3) is 0 Å². The number of oxime groups is 1. The highest BCUT2D eigenvalue weighted by molar-refractivity contribution is 6.02. The minimum absolute atomic E-state index is 0.0692. The summed E-state index contributed by atoms with van der Waals surface area (Å²) in [5.41, 5.74) is 4.99. The Morgan fingerprint density at radius 3 is 2.57 bits per heavy atom. The monoisotopic (exact) mass is 295 g/mol. The molecule has 1 aromatic rings. The van der Waals surface area contributed by atoms with Crippen molar-refractivity contribution in [1.29, 1.82) is 0 Å². The Balaban J connectivity index is 3.13. The molecular formula is C14H21N3O4. The van der Waals surface area contributed by atoms with Gasteiger partial charge in [0.15, 0.2) is 5.84 Å². The lowest BCUT2D eigenvalue weighted by molar-refractivity contribution is 0.0921. The van der Waals surface area contributed by atoms with Crippen molar-refractivity contribution in [3.63, 3.8) is 0 Å². The number of rotatable bonds is 6. The Hall–Kier alpha value is -2.44. The third-order valence-electron chi connectivity index (χ3n) is 3.42. The molecule has 1 rings (SSSR count). The van der Waals surface area contributed by atoms with Crippen LogP contribution in [-0.2, 0) is 0 Å². The van der Waals surface area contributed by atoms with Gasteiger partial charge < -0.3 is 25.7 Å². The Bertz CT molecular complexity index is 545. The molecule has 0 saturated carbocycles. The zero-order valence-electron chi connectivity index (χ0n) is 12.6. The molecule has 4 N–H and O–H groups in total. The predicted octanol–water partition coefficient (Wildman–Crippen LogP) is 1.35. The fraction of sp³-hybridized carbons (Fsp3) is 0.429. The number of amidine groups is 1. The molecule has 116 valence electrons. The van der Waals surface area contributed by atoms with Gasteiger partial charge in [0.25, 0.3) is 5.91 Å². The van der Waals surface area contributed by atoms with Gasteiger partial charge in [0, 0.05) is 0 Å². The van der Waals surface area contributed by atoms with Gasteiger partial charge in [-0.15, -0.1) is 0 Å². The molecule has 1 unspecified atom stereocenters. The van der Waals surface area contributed by atoms with E-state index in [9.17, 15) is 4.79 Å². The third-order valence-corrected chi connectivity index (χ3v) is 3.42. The van der Waals surface area contributed by atoms with E-state index >= 15 is 0 Å². The number of amides is 1. The van der Waals surface area contributed by atoms with Crippen LogP contribution in [0.5, 0.6) is 11.5 Å². The number of hydrogen-bond donors (Lipinski definition) is 3. The number of carbonyl (C=O) groups excluding carboxylic acids is 1. The maximum Gasteiger partial charge on any atom is 0.255 e. The van der Waals surface area contributed by atoms with Gasteiger partial charge in [-0.05, 0) is 31.5 Å². The number of methoxy groups -OCH3 is 2. The van der Waals surface area contributed by atoms with Crippen LogP contribution in [0.3, 0.4) is 0 Å². The average molecular weight is 295 g/mol. The van der Waals surface area contributed by atoms with Gasteiger partial charge in [0.2, 0.25) is 0 Å². The first-order chi connectivity index (χ1) is 9.91. The second kappa shape index (κ2) is 6.83. The number of nitrogens with zero attached hydrogens (tertiary/aromatic N) is 1. The summed E-state index contributed by atoms with van der Waals surface area (Å²) in [6.07, 6.45) is 0.459. The van der Waals surface area contributed by atoms with Crippen LogP contribution >= 0.6 is 0 Å². The summed E-state index contributed by atoms with van der Waals surface area (Å²) in [6.45, 7) is 3.49. The normalized spacial score (nSPS) is 14.2. The summed E-state index contributed by atoms with van der Waals surface area (Å²) < 4.78 is 10.3. The van der Waals surface area contributed by atoms with Crippen molar-refractivity contribution in [2.45, 2.75) is 25.8 Å². The molecule has 0 saturated heterocycles. The molecule has 1 atom stereocenters. The summed E-state index contributed by atoms with van der Waals surface area (Å²) in [6, 6.07) is 4.90. The molecule has 0 spiro atoms. The number of carbonyl (C=O) groups is 1. The summed E-state index contributed by atoms with van der Waals surface area (Å²) >= 11 is 0. The highest BCUT2D eigenvalue weighted by Gasteiger charge is 2.31. The largest absolute Gasteiger partial charge is 0.497 e. The Morgan fingerprint density at radius 1 is 1.43 bits per heavy atom. The second-order valence-electron chi connectivity index (χ2n) is 4.69. The van der Waals surface area contributed by atoms with Crippen LogP contribution in [-0.4, -0.2) is 36.7 Å². The molecule has 1 aromatic carbocycles. The average Bonchev–Trinajstić information content (AvgIpc) is 2.52. The van der Waals surface area contributed by atoms with E-state index in [1.165, 1.54) is 14.2 Å². The van der Waals surface area contributed by atoms with E-state index in [1.807, 2.05) is 6.92 Å². The zero-order valence-corrected chi connectivity index (χ0v) is 12.6. The van der Waals surface area contributed by atoms with Crippen LogP contribution in [0, 0.1) is 0 Å². The summed E-state index contributed by atoms with van der Waals surface area (Å²) in [7, 11) is 2.98. The highest BCUT2D eigenvalue weighted by Crippen LogP contribution is 2.24. The van der Waals surface area contributed by atoms with Crippen LogP contribution < -0.4 is 20.5 Å². The van der Waals surface area contributed by atoms with Gasteiger partial charge >= 0.3 is 0 Å². The molecule has 0 fully saturated rings. The van der Waals surface area contributed by atoms with Crippen molar-refractivity contribution < 1.29 is 19.5 Å². The third kappa shape index (κ3) is 3.56. The molecular weight excluding hydrogens is 274 g/mol. The molecule has 21 heavy (non-hydrogen) atoms. The van der Waals surface area contributed by atoms with E-state index in [4.69, 9.17) is 20.4 Å². The SMILES string of the molecule is CCC(C)(NC(=O)c1cc(OC)ccc1OC)C(N)=NO. The van der Waals surface area contributed by atoms with Crippen molar-refractivity contribution in [2.75, 3.05) is 14.2 Å². The predicted molar refractivity (Wildman–Crippen MR) is 79.1 cm³/mol. The molecule has 0 aromatic heterocycles. The summed E-state index contributed by atoms with van der Waals surface area (Å²) in [5.74, 6) is 0.469. The van der Waals surface area contributed by atoms with Crippen molar-refractivity contribution in [3.05, 3.63) is 23.8 Å². The number of ether oxygens (including phenoxy) is 2. The maximum absolute atomic E-state index is 12.4. The van der Waals surface area contributed by atoms with Crippen LogP contribution in [0.2, 0.25) is 0 Å². The minimum atomic E-state index is -0.958. The lowest BCUT2D eigenvalue weighted by Gasteiger charge is -2.28. The molecule has 0 heterocycles. The van der Waals surface area contributed by atoms with Crippen LogP contribution in [0.15, 0.2) is 23.4 Å². The zero-order chi connectivity index (χ0) is 16.0. The lowest BCUT2D eigenvalue weighted by atomic mass is 9.96. The van der Waals surface area contributed by atoms with E-state index in [2.05, 4.69) is 10.5 Å². The van der Waals surface area contributed by atoms with Gasteiger partial charge in [-0.3, -0.25) is 4.79 Å². The minimum Gasteiger partial charge on any atom is -0.497 e. The molecule has 0 aliphatic rings. The van der Waals surface area contributed by atoms with Gasteiger partial charge in [-0.1, -0.05) is 12.1 Å². The van der Waals surface area contributed by atoms with E-state index in [0.717, 1.165) is 0 Å². The molecule has 0 aliphatic heterocycles. The lowest BCUT2D eigenvalue weighted by Crippen LogP contribution is -2.55. The van der Waals surface area contributed by atoms with Crippen LogP contribution in [0.1, 0.15) is 30.6 Å². The first kappa shape index (κ1) is 16.6. The van der Waals surface area contributed by atoms with Crippen molar-refractivity contribution in [3.8, 4) is 11.5 Å². The first-order valence-corrected chi connectivity index (χ1v) is 6.44. The van der Waals surface area contributed by atoms with Gasteiger partial charge in [0.1, 0.15) is 11.5 Å². The first-order valence-electron chi connectivity index (χ1n) is 6.44. The van der Waals surface area contributed by atoms with Crippen molar-refractivity contribution in [1.82, 2.24) is 5.32 Å². The number of hydrogen-bond acceptors (Lipinski definition) is 5. The molecule has 0 bridgehead atoms. The smallest absolute Gasteiger partial charge is 0.255 e. The van der Waals surface area contributed by atoms with E-state index in [-0.39, 0.29) is 5.84 Å². The summed E-state index contributed by atoms with van der Waals surface area (Å²) in [4.78, 5) is 12.4. The molecule has 7 nitrogen and oxygen atoms in total. The standard InChI is InChI=1S/C14H21N3O4/c1-5-14(2,13(15)17-19)16-12(18)10-8-9(20-3)6-7-11(10)21-4/h6-8,19H,5H2,1-4H3,(H2,15,17)(H,16,18). The second-order valence-corrected chi connectivity index (χ2v) is 4.69. The molecule has 0 aliphatic carbocycles. The van der Waals surface area contributed by atoms with Crippen molar-refractivity contribution >= 4 is 11.7 Å². The van der Waals surface area contributed by atoms with Crippen LogP contribution in [0.4, 0.5) is 0 Å². The number of benzene rings is 1. The Morgan fingerprint density at radius 2 is 2.10 bits per heavy atom. The van der Waals surface area contributed by atoms with Gasteiger partial charge in [-0.25, -0.2) is 0 Å². The quantitative estimate of drug-likeness (QED) is 0.318. The topological polar surface area (TPSA) is 106 Å². The number of nitrogens with one attached hydrogen (secondary N) is 1. The molecule has 7 heteroatoms. The van der Waals surface area contributed by atoms with E-state index < -0.39 is 11.4 Å². The fourth-order valence-corrected chi connectivity index (χ4v) is 1.75. The number of nitrogens with two attached hydrogens (primary N) is 1. The highest BCUT2D eigenvalue weighted by atomic mass is 16.5. The maximum atomic E-state index is 12.4. The van der Waals surface area contributed by atoms with E-state index in [1.54, 1.807) is 25.1 Å². The fourth-order valence-electron chi connectivity index (χ4n) is 1.75. The van der Waals surface area contributed by atoms with E-state index in [0.29, 0.717) is 23.5 Å². The van der Waals surface area contributed by atoms with Crippen molar-refractivity contribution in [2.24, 2.45) is 10.9 Å². The Kier molecular flexibility index (Phi) is 5.40. The van der Waals surface area contributed by atoms with Gasteiger partial charge in [0.05, 0.1) is 25.3 Å². The Labute approximate surface area is 123 Å². The summed E-state index contributed by atoms with van der Waals surface area (Å²) in [5, 5.41) is 14.6. The molecule has 1 amide bonds. The van der Waals surface area contributed by atoms with Gasteiger partial charge in [-0.2, -0.15) is 0 Å². The molecule has 0 radical (unpaired) electrons.